The number of hydrogen-bond donors (Lipinski definition) is 0. The predicted molar refractivity (Wildman–Crippen MR) is 102 cm³/mol. The summed E-state index contributed by atoms with van der Waals surface area (Å²) in [6.07, 6.45) is 5.17. The third-order valence-electron chi connectivity index (χ3n) is 3.28. The van der Waals surface area contributed by atoms with Gasteiger partial charge in [0.05, 0.1) is 22.9 Å². The summed E-state index contributed by atoms with van der Waals surface area (Å²) in [4.78, 5) is 9.54. The molecule has 25 heavy (non-hydrogen) atoms. The van der Waals surface area contributed by atoms with E-state index >= 15 is 0 Å². The Morgan fingerprint density at radius 2 is 1.72 bits per heavy atom. The maximum atomic E-state index is 6.31. The van der Waals surface area contributed by atoms with Crippen molar-refractivity contribution in [2.24, 2.45) is 5.16 Å². The van der Waals surface area contributed by atoms with Crippen molar-refractivity contribution in [1.29, 1.82) is 0 Å². The first-order chi connectivity index (χ1) is 12.0. The van der Waals surface area contributed by atoms with Crippen LogP contribution < -0.4 is 4.84 Å². The molecule has 0 amide bonds. The van der Waals surface area contributed by atoms with Crippen molar-refractivity contribution in [3.63, 3.8) is 0 Å². The van der Waals surface area contributed by atoms with Crippen molar-refractivity contribution in [3.05, 3.63) is 80.8 Å². The lowest BCUT2D eigenvalue weighted by atomic mass is 10.1. The van der Waals surface area contributed by atoms with Gasteiger partial charge in [0.1, 0.15) is 5.71 Å². The first kappa shape index (κ1) is 18.1. The van der Waals surface area contributed by atoms with Gasteiger partial charge in [-0.15, -0.1) is 0 Å². The lowest BCUT2D eigenvalue weighted by molar-refractivity contribution is 0.340. The molecule has 128 valence electrons. The van der Waals surface area contributed by atoms with Gasteiger partial charge in [0.15, 0.2) is 5.75 Å². The van der Waals surface area contributed by atoms with E-state index in [1.807, 2.05) is 10.8 Å². The molecule has 0 aliphatic carbocycles. The van der Waals surface area contributed by atoms with E-state index in [1.165, 1.54) is 0 Å². The zero-order chi connectivity index (χ0) is 17.8. The maximum Gasteiger partial charge on any atom is 0.176 e. The number of rotatable bonds is 5. The molecule has 3 rings (SSSR count). The third-order valence-corrected chi connectivity index (χ3v) is 4.36. The first-order valence-corrected chi connectivity index (χ1v) is 8.64. The van der Waals surface area contributed by atoms with Crippen LogP contribution in [0.15, 0.2) is 60.3 Å². The summed E-state index contributed by atoms with van der Waals surface area (Å²) in [5.74, 6) is 0.388. The summed E-state index contributed by atoms with van der Waals surface area (Å²) < 4.78 is 1.84. The Labute approximate surface area is 164 Å². The molecule has 0 radical (unpaired) electrons. The van der Waals surface area contributed by atoms with Gasteiger partial charge in [-0.05, 0) is 36.4 Å². The number of aromatic nitrogens is 2. The quantitative estimate of drug-likeness (QED) is 0.380. The van der Waals surface area contributed by atoms with E-state index in [0.29, 0.717) is 43.7 Å². The van der Waals surface area contributed by atoms with Crippen LogP contribution in [-0.4, -0.2) is 15.3 Å². The molecular weight excluding hydrogens is 404 g/mol. The minimum atomic E-state index is 0.362. The Kier molecular flexibility index (Phi) is 5.86. The van der Waals surface area contributed by atoms with Crippen LogP contribution in [0.5, 0.6) is 5.75 Å². The fraction of sp³-hybridized carbons (Fsp3) is 0.0588. The zero-order valence-corrected chi connectivity index (χ0v) is 15.7. The smallest absolute Gasteiger partial charge is 0.176 e. The minimum Gasteiger partial charge on any atom is -0.355 e. The van der Waals surface area contributed by atoms with E-state index in [1.54, 1.807) is 48.9 Å². The molecular formula is C17H11Cl4N3O. The maximum absolute atomic E-state index is 6.31. The molecule has 1 heterocycles. The summed E-state index contributed by atoms with van der Waals surface area (Å²) >= 11 is 24.3. The van der Waals surface area contributed by atoms with Crippen molar-refractivity contribution in [2.75, 3.05) is 0 Å². The Balaban J connectivity index is 1.95. The first-order valence-electron chi connectivity index (χ1n) is 7.13. The summed E-state index contributed by atoms with van der Waals surface area (Å²) in [6, 6.07) is 10.1. The third kappa shape index (κ3) is 4.67. The Morgan fingerprint density at radius 1 is 1.00 bits per heavy atom. The minimum absolute atomic E-state index is 0.362. The van der Waals surface area contributed by atoms with Crippen LogP contribution in [-0.2, 0) is 6.54 Å². The number of hydrogen-bond acceptors (Lipinski definition) is 3. The van der Waals surface area contributed by atoms with Crippen LogP contribution in [0.2, 0.25) is 20.1 Å². The monoisotopic (exact) mass is 413 g/mol. The summed E-state index contributed by atoms with van der Waals surface area (Å²) in [5.41, 5.74) is 1.29. The Morgan fingerprint density at radius 3 is 2.36 bits per heavy atom. The second kappa shape index (κ2) is 8.11. The molecule has 0 bridgehead atoms. The zero-order valence-electron chi connectivity index (χ0n) is 12.7. The molecule has 0 unspecified atom stereocenters. The van der Waals surface area contributed by atoms with Crippen LogP contribution >= 0.6 is 46.4 Å². The summed E-state index contributed by atoms with van der Waals surface area (Å²) in [5, 5.41) is 6.12. The number of halogens is 4. The van der Waals surface area contributed by atoms with Crippen molar-refractivity contribution in [2.45, 2.75) is 6.54 Å². The van der Waals surface area contributed by atoms with Gasteiger partial charge in [-0.3, -0.25) is 0 Å². The van der Waals surface area contributed by atoms with Gasteiger partial charge < -0.3 is 9.40 Å². The lowest BCUT2D eigenvalue weighted by Gasteiger charge is -2.10. The van der Waals surface area contributed by atoms with E-state index in [-0.39, 0.29) is 0 Å². The predicted octanol–water partition coefficient (Wildman–Crippen LogP) is 5.98. The van der Waals surface area contributed by atoms with Crippen LogP contribution in [0, 0.1) is 0 Å². The van der Waals surface area contributed by atoms with Gasteiger partial charge >= 0.3 is 0 Å². The topological polar surface area (TPSA) is 39.4 Å². The highest BCUT2D eigenvalue weighted by Crippen LogP contribution is 2.28. The van der Waals surface area contributed by atoms with E-state index < -0.39 is 0 Å². The molecule has 0 saturated carbocycles. The van der Waals surface area contributed by atoms with Crippen molar-refractivity contribution in [1.82, 2.24) is 9.55 Å². The summed E-state index contributed by atoms with van der Waals surface area (Å²) in [7, 11) is 0. The summed E-state index contributed by atoms with van der Waals surface area (Å²) in [6.45, 7) is 0.409. The molecule has 3 aromatic rings. The largest absolute Gasteiger partial charge is 0.355 e. The van der Waals surface area contributed by atoms with Crippen molar-refractivity contribution in [3.8, 4) is 5.75 Å². The molecule has 1 aromatic heterocycles. The van der Waals surface area contributed by atoms with Gasteiger partial charge in [0.2, 0.25) is 0 Å². The fourth-order valence-corrected chi connectivity index (χ4v) is 3.05. The molecule has 0 atom stereocenters. The average molecular weight is 415 g/mol. The Hall–Kier alpha value is -1.72. The Bertz CT molecular complexity index is 910. The van der Waals surface area contributed by atoms with Gasteiger partial charge in [0.25, 0.3) is 0 Å². The fourth-order valence-electron chi connectivity index (χ4n) is 2.09. The number of imidazole rings is 1. The highest BCUT2D eigenvalue weighted by molar-refractivity contribution is 6.37. The molecule has 0 fully saturated rings. The van der Waals surface area contributed by atoms with Crippen LogP contribution in [0.1, 0.15) is 5.56 Å². The lowest BCUT2D eigenvalue weighted by Crippen LogP contribution is -2.12. The van der Waals surface area contributed by atoms with E-state index in [4.69, 9.17) is 51.2 Å². The highest BCUT2D eigenvalue weighted by atomic mass is 35.5. The van der Waals surface area contributed by atoms with E-state index in [9.17, 15) is 0 Å². The number of oxime groups is 1. The molecule has 4 nitrogen and oxygen atoms in total. The van der Waals surface area contributed by atoms with Crippen molar-refractivity contribution >= 4 is 52.1 Å². The molecule has 0 spiro atoms. The molecule has 0 aliphatic rings. The second-order valence-electron chi connectivity index (χ2n) is 5.06. The van der Waals surface area contributed by atoms with Gasteiger partial charge in [-0.1, -0.05) is 51.6 Å². The number of benzene rings is 2. The van der Waals surface area contributed by atoms with E-state index in [2.05, 4.69) is 10.1 Å². The van der Waals surface area contributed by atoms with Crippen LogP contribution in [0.25, 0.3) is 0 Å². The SMILES string of the molecule is Clc1ccc(O/N=C(/Cn2ccnc2)c2ccc(Cl)cc2Cl)c(Cl)c1. The molecule has 2 aromatic carbocycles. The molecule has 0 saturated heterocycles. The van der Waals surface area contributed by atoms with Crippen LogP contribution in [0.3, 0.4) is 0 Å². The van der Waals surface area contributed by atoms with Crippen LogP contribution in [0.4, 0.5) is 0 Å². The molecule has 0 aliphatic heterocycles. The highest BCUT2D eigenvalue weighted by Gasteiger charge is 2.12. The van der Waals surface area contributed by atoms with E-state index in [0.717, 1.165) is 0 Å². The standard InChI is InChI=1S/C17H11Cl4N3O/c18-11-1-3-13(14(20)7-11)16(9-24-6-5-22-10-24)23-25-17-4-2-12(19)8-15(17)21/h1-8,10H,9H2/b23-16-. The van der Waals surface area contributed by atoms with Gasteiger partial charge in [-0.25, -0.2) is 4.98 Å². The van der Waals surface area contributed by atoms with Crippen molar-refractivity contribution < 1.29 is 4.84 Å². The molecule has 0 N–H and O–H groups in total. The molecule has 8 heteroatoms. The van der Waals surface area contributed by atoms with Gasteiger partial charge in [0, 0.05) is 28.0 Å². The average Bonchev–Trinajstić information content (AvgIpc) is 3.06. The second-order valence-corrected chi connectivity index (χ2v) is 6.75. The number of nitrogens with zero attached hydrogens (tertiary/aromatic N) is 3. The normalized spacial score (nSPS) is 11.6. The van der Waals surface area contributed by atoms with Gasteiger partial charge in [-0.2, -0.15) is 0 Å².